The maximum absolute atomic E-state index is 6.49. The summed E-state index contributed by atoms with van der Waals surface area (Å²) in [7, 11) is 0. The van der Waals surface area contributed by atoms with Crippen LogP contribution in [0.15, 0.2) is 146 Å². The second kappa shape index (κ2) is 13.0. The van der Waals surface area contributed by atoms with Crippen molar-refractivity contribution in [2.75, 3.05) is 0 Å². The summed E-state index contributed by atoms with van der Waals surface area (Å²) in [6.07, 6.45) is 0. The van der Waals surface area contributed by atoms with Gasteiger partial charge in [-0.15, -0.1) is 81.5 Å². The zero-order chi connectivity index (χ0) is 22.9. The molecule has 0 radical (unpaired) electrons. The van der Waals surface area contributed by atoms with Crippen molar-refractivity contribution in [1.82, 2.24) is 0 Å². The van der Waals surface area contributed by atoms with E-state index in [0.29, 0.717) is 0 Å². The average molecular weight is 575 g/mol. The maximum Gasteiger partial charge on any atom is 2.00 e. The van der Waals surface area contributed by atoms with Crippen molar-refractivity contribution in [3.8, 4) is 0 Å². The summed E-state index contributed by atoms with van der Waals surface area (Å²) in [4.78, 5) is 0. The Balaban J connectivity index is 0.000000148. The van der Waals surface area contributed by atoms with E-state index in [4.69, 9.17) is 22.2 Å². The number of rotatable bonds is 2. The van der Waals surface area contributed by atoms with Gasteiger partial charge in [0, 0.05) is 0 Å². The minimum Gasteiger partial charge on any atom is -0.168 e. The van der Waals surface area contributed by atoms with Crippen LogP contribution in [0.1, 0.15) is 0 Å². The van der Waals surface area contributed by atoms with E-state index in [2.05, 4.69) is 84.9 Å². The molecular formula is C30H24Cl2SiZr. The minimum absolute atomic E-state index is 0. The van der Waals surface area contributed by atoms with Crippen LogP contribution in [0.4, 0.5) is 0 Å². The standard InChI is InChI=1S/C12H10Cl2Si.2C9H7.Zr/c13-15(14,11-7-3-1-4-8-11)12-9-5-2-6-10-12;2*1-2-5-9-7-3-6-8(9)4-1;/h1-10H;2*1-7H;/q;2*-1;+2. The third kappa shape index (κ3) is 6.90. The number of benzene rings is 4. The first kappa shape index (κ1) is 26.4. The van der Waals surface area contributed by atoms with Crippen LogP contribution < -0.4 is 10.4 Å². The van der Waals surface area contributed by atoms with Crippen LogP contribution in [-0.2, 0) is 26.2 Å². The summed E-state index contributed by atoms with van der Waals surface area (Å²) < 4.78 is 0. The second-order valence-corrected chi connectivity index (χ2v) is 13.9. The van der Waals surface area contributed by atoms with E-state index in [0.717, 1.165) is 10.4 Å². The van der Waals surface area contributed by atoms with E-state index in [9.17, 15) is 0 Å². The van der Waals surface area contributed by atoms with Crippen molar-refractivity contribution in [3.63, 3.8) is 0 Å². The Morgan fingerprint density at radius 1 is 0.441 bits per heavy atom. The van der Waals surface area contributed by atoms with E-state index in [1.807, 2.05) is 60.7 Å². The molecule has 6 aromatic rings. The van der Waals surface area contributed by atoms with Crippen LogP contribution in [0.3, 0.4) is 0 Å². The second-order valence-electron chi connectivity index (χ2n) is 7.62. The van der Waals surface area contributed by atoms with E-state index in [1.54, 1.807) is 0 Å². The molecule has 0 aliphatic heterocycles. The Kier molecular flexibility index (Phi) is 10.1. The summed E-state index contributed by atoms with van der Waals surface area (Å²) in [5.41, 5.74) is 0. The molecule has 0 spiro atoms. The van der Waals surface area contributed by atoms with Crippen LogP contribution in [0, 0.1) is 0 Å². The summed E-state index contributed by atoms with van der Waals surface area (Å²) >= 11 is 13.0. The molecule has 0 unspecified atom stereocenters. The minimum atomic E-state index is -2.51. The molecule has 0 aliphatic rings. The van der Waals surface area contributed by atoms with E-state index in [1.165, 1.54) is 21.5 Å². The molecule has 4 heteroatoms. The fraction of sp³-hybridized carbons (Fsp3) is 0. The molecule has 34 heavy (non-hydrogen) atoms. The zero-order valence-corrected chi connectivity index (χ0v) is 23.6. The van der Waals surface area contributed by atoms with Crippen LogP contribution in [0.2, 0.25) is 0 Å². The Morgan fingerprint density at radius 3 is 1.18 bits per heavy atom. The number of hydrogen-bond acceptors (Lipinski definition) is 0. The molecule has 0 heterocycles. The van der Waals surface area contributed by atoms with Gasteiger partial charge in [0.2, 0.25) is 0 Å². The molecule has 0 nitrogen and oxygen atoms in total. The van der Waals surface area contributed by atoms with Gasteiger partial charge in [0.15, 0.2) is 0 Å². The largest absolute Gasteiger partial charge is 2.00 e. The van der Waals surface area contributed by atoms with Crippen molar-refractivity contribution in [2.24, 2.45) is 0 Å². The quantitative estimate of drug-likeness (QED) is 0.112. The van der Waals surface area contributed by atoms with Crippen LogP contribution >= 0.6 is 22.2 Å². The van der Waals surface area contributed by atoms with Gasteiger partial charge in [-0.2, -0.15) is 35.0 Å². The van der Waals surface area contributed by atoms with Gasteiger partial charge in [0.05, 0.1) is 0 Å². The molecule has 0 aliphatic carbocycles. The zero-order valence-electron chi connectivity index (χ0n) is 18.6. The Labute approximate surface area is 231 Å². The Morgan fingerprint density at radius 2 is 0.794 bits per heavy atom. The average Bonchev–Trinajstić information content (AvgIpc) is 3.55. The normalized spacial score (nSPS) is 10.4. The Bertz CT molecular complexity index is 1220. The molecular weight excluding hydrogens is 551 g/mol. The number of fused-ring (bicyclic) bond motifs is 2. The molecule has 6 rings (SSSR count). The van der Waals surface area contributed by atoms with Gasteiger partial charge in [-0.25, -0.2) is 0 Å². The molecule has 0 saturated heterocycles. The van der Waals surface area contributed by atoms with Crippen molar-refractivity contribution in [2.45, 2.75) is 0 Å². The predicted molar refractivity (Wildman–Crippen MR) is 149 cm³/mol. The first-order chi connectivity index (χ1) is 16.1. The van der Waals surface area contributed by atoms with Gasteiger partial charge in [-0.1, -0.05) is 72.8 Å². The van der Waals surface area contributed by atoms with Crippen molar-refractivity contribution >= 4 is 60.8 Å². The third-order valence-corrected chi connectivity index (χ3v) is 10.1. The molecule has 0 bridgehead atoms. The monoisotopic (exact) mass is 572 g/mol. The smallest absolute Gasteiger partial charge is 0.168 e. The van der Waals surface area contributed by atoms with Crippen molar-refractivity contribution in [3.05, 3.63) is 146 Å². The van der Waals surface area contributed by atoms with E-state index >= 15 is 0 Å². The number of hydrogen-bond donors (Lipinski definition) is 0. The molecule has 0 amide bonds. The maximum atomic E-state index is 6.49. The first-order valence-corrected chi connectivity index (χ1v) is 14.9. The van der Waals surface area contributed by atoms with E-state index in [-0.39, 0.29) is 26.2 Å². The molecule has 0 atom stereocenters. The third-order valence-electron chi connectivity index (χ3n) is 5.37. The van der Waals surface area contributed by atoms with Crippen LogP contribution in [0.25, 0.3) is 21.5 Å². The SMILES string of the molecule is Cl[Si](Cl)(c1ccccc1)c1ccccc1.[Zr+2].c1ccc2[cH-]ccc2c1.c1ccc2[cH-]ccc2c1. The summed E-state index contributed by atoms with van der Waals surface area (Å²) in [6.45, 7) is -2.51. The Hall–Kier alpha value is -2.22. The summed E-state index contributed by atoms with van der Waals surface area (Å²) in [6, 6.07) is 49.1. The molecule has 0 saturated carbocycles. The van der Waals surface area contributed by atoms with Crippen LogP contribution in [-0.4, -0.2) is 6.69 Å². The first-order valence-electron chi connectivity index (χ1n) is 10.8. The molecule has 6 aromatic carbocycles. The molecule has 166 valence electrons. The summed E-state index contributed by atoms with van der Waals surface area (Å²) in [5, 5.41) is 7.38. The van der Waals surface area contributed by atoms with Gasteiger partial charge in [0.1, 0.15) is 0 Å². The summed E-state index contributed by atoms with van der Waals surface area (Å²) in [5.74, 6) is 0. The predicted octanol–water partition coefficient (Wildman–Crippen LogP) is 7.84. The van der Waals surface area contributed by atoms with Gasteiger partial charge in [0.25, 0.3) is 0 Å². The number of halogens is 2. The van der Waals surface area contributed by atoms with Gasteiger partial charge in [-0.05, 0) is 10.4 Å². The van der Waals surface area contributed by atoms with E-state index < -0.39 is 6.69 Å². The van der Waals surface area contributed by atoms with Gasteiger partial charge < -0.3 is 0 Å². The molecule has 0 aromatic heterocycles. The fourth-order valence-electron chi connectivity index (χ4n) is 3.60. The van der Waals surface area contributed by atoms with Gasteiger partial charge in [-0.3, -0.25) is 0 Å². The molecule has 0 N–H and O–H groups in total. The van der Waals surface area contributed by atoms with Gasteiger partial charge >= 0.3 is 32.9 Å². The fourth-order valence-corrected chi connectivity index (χ4v) is 6.67. The van der Waals surface area contributed by atoms with Crippen molar-refractivity contribution < 1.29 is 26.2 Å². The van der Waals surface area contributed by atoms with Crippen molar-refractivity contribution in [1.29, 1.82) is 0 Å². The van der Waals surface area contributed by atoms with Crippen LogP contribution in [0.5, 0.6) is 0 Å². The topological polar surface area (TPSA) is 0 Å². The molecule has 0 fully saturated rings.